The van der Waals surface area contributed by atoms with Gasteiger partial charge in [0.05, 0.1) is 0 Å². The Kier molecular flexibility index (Phi) is 4.09. The lowest BCUT2D eigenvalue weighted by molar-refractivity contribution is 0.242. The number of rotatable bonds is 5. The molecule has 2 unspecified atom stereocenters. The first kappa shape index (κ1) is 12.9. The van der Waals surface area contributed by atoms with E-state index in [1.165, 1.54) is 19.3 Å². The summed E-state index contributed by atoms with van der Waals surface area (Å²) >= 11 is 0. The Hall–Kier alpha value is -0.560. The average molecular weight is 235 g/mol. The van der Waals surface area contributed by atoms with Gasteiger partial charge in [-0.1, -0.05) is 0 Å². The van der Waals surface area contributed by atoms with Gasteiger partial charge in [0.2, 0.25) is 0 Å². The summed E-state index contributed by atoms with van der Waals surface area (Å²) in [6, 6.07) is 1.52. The number of hydrogen-bond acceptors (Lipinski definition) is 3. The van der Waals surface area contributed by atoms with E-state index in [-0.39, 0.29) is 5.54 Å². The first-order valence-electron chi connectivity index (χ1n) is 6.81. The number of nitrogens with zero attached hydrogens (tertiary/aromatic N) is 1. The normalized spacial score (nSPS) is 33.5. The third kappa shape index (κ3) is 3.01. The van der Waals surface area contributed by atoms with Gasteiger partial charge in [-0.2, -0.15) is 0 Å². The maximum Gasteiger partial charge on any atom is 0.0447 e. The van der Waals surface area contributed by atoms with Gasteiger partial charge in [0.15, 0.2) is 0 Å². The standard InChI is InChI=1S/C14H25N3/c1-3-4-5-8-16-14(10-15)9-12(2)17(11-14)13-6-7-13/h12-13,16H,5-11,15H2,1-2H3. The summed E-state index contributed by atoms with van der Waals surface area (Å²) in [5, 5.41) is 3.65. The van der Waals surface area contributed by atoms with Crippen LogP contribution < -0.4 is 11.1 Å². The summed E-state index contributed by atoms with van der Waals surface area (Å²) in [6.45, 7) is 7.05. The van der Waals surface area contributed by atoms with Crippen molar-refractivity contribution in [3.8, 4) is 11.8 Å². The van der Waals surface area contributed by atoms with Crippen molar-refractivity contribution in [3.05, 3.63) is 0 Å². The Morgan fingerprint density at radius 3 is 2.82 bits per heavy atom. The van der Waals surface area contributed by atoms with Crippen LogP contribution in [0.2, 0.25) is 0 Å². The predicted molar refractivity (Wildman–Crippen MR) is 71.7 cm³/mol. The van der Waals surface area contributed by atoms with E-state index in [9.17, 15) is 0 Å². The van der Waals surface area contributed by atoms with E-state index in [1.807, 2.05) is 6.92 Å². The van der Waals surface area contributed by atoms with Gasteiger partial charge >= 0.3 is 0 Å². The Bertz CT molecular complexity index is 313. The minimum Gasteiger partial charge on any atom is -0.329 e. The van der Waals surface area contributed by atoms with Crippen LogP contribution in [0.5, 0.6) is 0 Å². The molecule has 0 radical (unpaired) electrons. The van der Waals surface area contributed by atoms with Crippen molar-refractivity contribution in [2.45, 2.75) is 57.2 Å². The van der Waals surface area contributed by atoms with Crippen LogP contribution in [0.1, 0.15) is 39.5 Å². The zero-order valence-corrected chi connectivity index (χ0v) is 11.1. The third-order valence-electron chi connectivity index (χ3n) is 4.07. The zero-order chi connectivity index (χ0) is 12.3. The molecule has 0 amide bonds. The Labute approximate surface area is 105 Å². The molecule has 1 heterocycles. The van der Waals surface area contributed by atoms with E-state index in [0.29, 0.717) is 6.04 Å². The highest BCUT2D eigenvalue weighted by atomic mass is 15.3. The summed E-state index contributed by atoms with van der Waals surface area (Å²) in [5.74, 6) is 6.04. The maximum absolute atomic E-state index is 6.00. The second-order valence-corrected chi connectivity index (χ2v) is 5.54. The van der Waals surface area contributed by atoms with Crippen LogP contribution >= 0.6 is 0 Å². The van der Waals surface area contributed by atoms with Gasteiger partial charge in [-0.05, 0) is 33.1 Å². The summed E-state index contributed by atoms with van der Waals surface area (Å²) < 4.78 is 0. The molecule has 1 saturated heterocycles. The molecule has 3 N–H and O–H groups in total. The lowest BCUT2D eigenvalue weighted by Gasteiger charge is -2.29. The van der Waals surface area contributed by atoms with Crippen LogP contribution in [-0.2, 0) is 0 Å². The van der Waals surface area contributed by atoms with Gasteiger partial charge in [-0.15, -0.1) is 11.8 Å². The number of hydrogen-bond donors (Lipinski definition) is 2. The molecule has 1 aliphatic carbocycles. The summed E-state index contributed by atoms with van der Waals surface area (Å²) in [5.41, 5.74) is 6.14. The van der Waals surface area contributed by atoms with Crippen molar-refractivity contribution in [2.75, 3.05) is 19.6 Å². The molecule has 2 aliphatic rings. The highest BCUT2D eigenvalue weighted by Crippen LogP contribution is 2.36. The van der Waals surface area contributed by atoms with Crippen LogP contribution in [0.25, 0.3) is 0 Å². The predicted octanol–water partition coefficient (Wildman–Crippen LogP) is 0.944. The van der Waals surface area contributed by atoms with Crippen LogP contribution in [0, 0.1) is 11.8 Å². The van der Waals surface area contributed by atoms with Crippen molar-refractivity contribution in [1.82, 2.24) is 10.2 Å². The van der Waals surface area contributed by atoms with E-state index >= 15 is 0 Å². The van der Waals surface area contributed by atoms with Gasteiger partial charge in [0.25, 0.3) is 0 Å². The van der Waals surface area contributed by atoms with Gasteiger partial charge in [0.1, 0.15) is 0 Å². The fourth-order valence-corrected chi connectivity index (χ4v) is 3.01. The quantitative estimate of drug-likeness (QED) is 0.550. The molecule has 3 heteroatoms. The molecule has 1 aliphatic heterocycles. The van der Waals surface area contributed by atoms with E-state index < -0.39 is 0 Å². The molecule has 0 aromatic rings. The molecule has 0 aromatic carbocycles. The smallest absolute Gasteiger partial charge is 0.0447 e. The Morgan fingerprint density at radius 2 is 2.24 bits per heavy atom. The maximum atomic E-state index is 6.00. The van der Waals surface area contributed by atoms with E-state index in [1.54, 1.807) is 0 Å². The van der Waals surface area contributed by atoms with Crippen molar-refractivity contribution in [3.63, 3.8) is 0 Å². The Morgan fingerprint density at radius 1 is 1.47 bits per heavy atom. The second kappa shape index (κ2) is 5.39. The van der Waals surface area contributed by atoms with Crippen LogP contribution in [0.15, 0.2) is 0 Å². The van der Waals surface area contributed by atoms with Crippen LogP contribution in [-0.4, -0.2) is 42.2 Å². The monoisotopic (exact) mass is 235 g/mol. The number of nitrogens with one attached hydrogen (secondary N) is 1. The molecular formula is C14H25N3. The molecule has 2 atom stereocenters. The number of nitrogens with two attached hydrogens (primary N) is 1. The number of likely N-dealkylation sites (tertiary alicyclic amines) is 1. The highest BCUT2D eigenvalue weighted by molar-refractivity contribution is 5.06. The minimum atomic E-state index is 0.136. The van der Waals surface area contributed by atoms with Gasteiger partial charge in [0, 0.05) is 43.7 Å². The molecule has 2 rings (SSSR count). The van der Waals surface area contributed by atoms with Crippen LogP contribution in [0.3, 0.4) is 0 Å². The lowest BCUT2D eigenvalue weighted by atomic mass is 9.96. The summed E-state index contributed by atoms with van der Waals surface area (Å²) in [7, 11) is 0. The highest BCUT2D eigenvalue weighted by Gasteiger charge is 2.45. The molecule has 0 aromatic heterocycles. The largest absolute Gasteiger partial charge is 0.329 e. The molecule has 3 nitrogen and oxygen atoms in total. The van der Waals surface area contributed by atoms with Crippen molar-refractivity contribution >= 4 is 0 Å². The SMILES string of the molecule is CC#CCCNC1(CN)CC(C)N(C2CC2)C1. The van der Waals surface area contributed by atoms with E-state index in [2.05, 4.69) is 29.0 Å². The molecule has 0 spiro atoms. The van der Waals surface area contributed by atoms with Crippen molar-refractivity contribution in [1.29, 1.82) is 0 Å². The van der Waals surface area contributed by atoms with Crippen molar-refractivity contribution < 1.29 is 0 Å². The lowest BCUT2D eigenvalue weighted by Crippen LogP contribution is -2.53. The molecule has 17 heavy (non-hydrogen) atoms. The minimum absolute atomic E-state index is 0.136. The summed E-state index contributed by atoms with van der Waals surface area (Å²) in [6.07, 6.45) is 4.87. The van der Waals surface area contributed by atoms with Gasteiger partial charge in [-0.25, -0.2) is 0 Å². The van der Waals surface area contributed by atoms with E-state index in [4.69, 9.17) is 5.73 Å². The van der Waals surface area contributed by atoms with E-state index in [0.717, 1.165) is 32.1 Å². The van der Waals surface area contributed by atoms with Crippen molar-refractivity contribution in [2.24, 2.45) is 5.73 Å². The molecule has 0 bridgehead atoms. The average Bonchev–Trinajstić information content (AvgIpc) is 3.11. The fourth-order valence-electron chi connectivity index (χ4n) is 3.01. The van der Waals surface area contributed by atoms with Crippen LogP contribution in [0.4, 0.5) is 0 Å². The first-order valence-corrected chi connectivity index (χ1v) is 6.81. The topological polar surface area (TPSA) is 41.3 Å². The molecule has 1 saturated carbocycles. The summed E-state index contributed by atoms with van der Waals surface area (Å²) in [4.78, 5) is 2.64. The van der Waals surface area contributed by atoms with Gasteiger partial charge < -0.3 is 11.1 Å². The molecule has 96 valence electrons. The zero-order valence-electron chi connectivity index (χ0n) is 11.1. The fraction of sp³-hybridized carbons (Fsp3) is 0.857. The second-order valence-electron chi connectivity index (χ2n) is 5.54. The first-order chi connectivity index (χ1) is 8.21. The molecular weight excluding hydrogens is 210 g/mol. The third-order valence-corrected chi connectivity index (χ3v) is 4.07. The van der Waals surface area contributed by atoms with Gasteiger partial charge in [-0.3, -0.25) is 4.90 Å². The molecule has 2 fully saturated rings. The Balaban J connectivity index is 1.88.